The van der Waals surface area contributed by atoms with Crippen molar-refractivity contribution in [2.75, 3.05) is 0 Å². The van der Waals surface area contributed by atoms with Crippen molar-refractivity contribution in [3.05, 3.63) is 48.4 Å². The van der Waals surface area contributed by atoms with Crippen molar-refractivity contribution in [1.29, 1.82) is 0 Å². The first-order chi connectivity index (χ1) is 11.1. The van der Waals surface area contributed by atoms with Crippen LogP contribution in [0.15, 0.2) is 48.4 Å². The second kappa shape index (κ2) is 4.77. The second-order valence-corrected chi connectivity index (χ2v) is 5.06. The van der Waals surface area contributed by atoms with Crippen molar-refractivity contribution in [2.24, 2.45) is 0 Å². The highest BCUT2D eigenvalue weighted by atomic mass is 16.2. The van der Waals surface area contributed by atoms with Gasteiger partial charge in [0.1, 0.15) is 5.70 Å². The number of imide groups is 1. The molecule has 0 saturated carbocycles. The van der Waals surface area contributed by atoms with Gasteiger partial charge in [0.15, 0.2) is 0 Å². The Kier molecular flexibility index (Phi) is 2.74. The maximum Gasteiger partial charge on any atom is 0.316 e. The van der Waals surface area contributed by atoms with Gasteiger partial charge in [-0.15, -0.1) is 0 Å². The molecular formula is C16H10N4O3. The maximum atomic E-state index is 11.9. The largest absolute Gasteiger partial charge is 0.316 e. The fourth-order valence-electron chi connectivity index (χ4n) is 2.67. The van der Waals surface area contributed by atoms with E-state index in [-0.39, 0.29) is 5.70 Å². The predicted molar refractivity (Wildman–Crippen MR) is 82.8 cm³/mol. The molecule has 2 aromatic heterocycles. The van der Waals surface area contributed by atoms with Crippen LogP contribution in [0, 0.1) is 0 Å². The van der Waals surface area contributed by atoms with Gasteiger partial charge in [0, 0.05) is 23.2 Å². The van der Waals surface area contributed by atoms with Crippen LogP contribution in [-0.2, 0) is 14.4 Å². The maximum absolute atomic E-state index is 11.9. The number of fused-ring (bicyclic) bond motifs is 3. The third-order valence-electron chi connectivity index (χ3n) is 3.70. The van der Waals surface area contributed by atoms with Gasteiger partial charge in [-0.05, 0) is 12.1 Å². The van der Waals surface area contributed by atoms with E-state index in [1.54, 1.807) is 17.0 Å². The van der Waals surface area contributed by atoms with Gasteiger partial charge in [-0.1, -0.05) is 18.2 Å². The van der Waals surface area contributed by atoms with E-state index < -0.39 is 17.7 Å². The van der Waals surface area contributed by atoms with Crippen molar-refractivity contribution in [3.8, 4) is 0 Å². The number of amides is 3. The van der Waals surface area contributed by atoms with Crippen LogP contribution in [0.2, 0.25) is 0 Å². The minimum atomic E-state index is -0.962. The molecule has 1 aliphatic heterocycles. The first-order valence-electron chi connectivity index (χ1n) is 6.86. The minimum Gasteiger partial charge on any atom is -0.312 e. The van der Waals surface area contributed by atoms with Gasteiger partial charge in [-0.3, -0.25) is 24.7 Å². The lowest BCUT2D eigenvalue weighted by molar-refractivity contribution is -0.143. The molecule has 0 spiro atoms. The number of pyridine rings is 1. The molecule has 0 radical (unpaired) electrons. The number of carbonyl (C=O) groups excluding carboxylic acids is 3. The SMILES string of the molecule is O=C1NC(=O)/C(=C/n2c3ccccc3c3ccncc32)NC1=O. The summed E-state index contributed by atoms with van der Waals surface area (Å²) in [4.78, 5) is 38.7. The summed E-state index contributed by atoms with van der Waals surface area (Å²) in [7, 11) is 0. The average Bonchev–Trinajstić information content (AvgIpc) is 2.87. The summed E-state index contributed by atoms with van der Waals surface area (Å²) in [5.74, 6) is -2.48. The third kappa shape index (κ3) is 1.98. The van der Waals surface area contributed by atoms with Crippen molar-refractivity contribution < 1.29 is 14.4 Å². The summed E-state index contributed by atoms with van der Waals surface area (Å²) in [5.41, 5.74) is 1.66. The Labute approximate surface area is 129 Å². The van der Waals surface area contributed by atoms with E-state index in [9.17, 15) is 14.4 Å². The number of aromatic nitrogens is 2. The van der Waals surface area contributed by atoms with Crippen molar-refractivity contribution in [2.45, 2.75) is 0 Å². The molecule has 0 aliphatic carbocycles. The van der Waals surface area contributed by atoms with Crippen molar-refractivity contribution in [3.63, 3.8) is 0 Å². The van der Waals surface area contributed by atoms with E-state index in [0.29, 0.717) is 0 Å². The average molecular weight is 306 g/mol. The zero-order chi connectivity index (χ0) is 16.0. The lowest BCUT2D eigenvalue weighted by Crippen LogP contribution is -2.51. The molecular weight excluding hydrogens is 296 g/mol. The first-order valence-corrected chi connectivity index (χ1v) is 6.86. The summed E-state index contributed by atoms with van der Waals surface area (Å²) in [6.07, 6.45) is 4.87. The molecule has 2 N–H and O–H groups in total. The molecule has 1 aromatic carbocycles. The molecule has 112 valence electrons. The summed E-state index contributed by atoms with van der Waals surface area (Å²) < 4.78 is 1.77. The molecule has 3 heterocycles. The lowest BCUT2D eigenvalue weighted by atomic mass is 10.2. The molecule has 4 rings (SSSR count). The monoisotopic (exact) mass is 306 g/mol. The van der Waals surface area contributed by atoms with Crippen LogP contribution in [-0.4, -0.2) is 27.3 Å². The Morgan fingerprint density at radius 3 is 2.48 bits per heavy atom. The van der Waals surface area contributed by atoms with E-state index in [1.807, 2.05) is 35.6 Å². The number of carbonyl (C=O) groups is 3. The normalized spacial score (nSPS) is 16.9. The van der Waals surface area contributed by atoms with Gasteiger partial charge >= 0.3 is 11.8 Å². The molecule has 3 amide bonds. The number of hydrogen-bond acceptors (Lipinski definition) is 4. The minimum absolute atomic E-state index is 0.00102. The molecule has 3 aromatic rings. The number of nitrogens with one attached hydrogen (secondary N) is 2. The summed E-state index contributed by atoms with van der Waals surface area (Å²) in [5, 5.41) is 6.28. The molecule has 0 atom stereocenters. The molecule has 1 fully saturated rings. The lowest BCUT2D eigenvalue weighted by Gasteiger charge is -2.15. The Morgan fingerprint density at radius 2 is 1.61 bits per heavy atom. The second-order valence-electron chi connectivity index (χ2n) is 5.06. The zero-order valence-electron chi connectivity index (χ0n) is 11.7. The van der Waals surface area contributed by atoms with Crippen LogP contribution in [0.25, 0.3) is 28.0 Å². The van der Waals surface area contributed by atoms with Gasteiger partial charge < -0.3 is 9.88 Å². The summed E-state index contributed by atoms with van der Waals surface area (Å²) in [6.45, 7) is 0. The Morgan fingerprint density at radius 1 is 0.870 bits per heavy atom. The van der Waals surface area contributed by atoms with Gasteiger partial charge in [-0.25, -0.2) is 0 Å². The molecule has 0 unspecified atom stereocenters. The number of para-hydroxylation sites is 1. The van der Waals surface area contributed by atoms with E-state index in [0.717, 1.165) is 21.8 Å². The van der Waals surface area contributed by atoms with E-state index in [2.05, 4.69) is 10.3 Å². The fraction of sp³-hybridized carbons (Fsp3) is 0. The van der Waals surface area contributed by atoms with Crippen LogP contribution in [0.5, 0.6) is 0 Å². The van der Waals surface area contributed by atoms with E-state index >= 15 is 0 Å². The van der Waals surface area contributed by atoms with Gasteiger partial charge in [0.05, 0.1) is 17.2 Å². The first kappa shape index (κ1) is 13.2. The number of hydrogen-bond donors (Lipinski definition) is 2. The van der Waals surface area contributed by atoms with Crippen LogP contribution in [0.1, 0.15) is 0 Å². The van der Waals surface area contributed by atoms with Crippen molar-refractivity contribution in [1.82, 2.24) is 20.2 Å². The predicted octanol–water partition coefficient (Wildman–Crippen LogP) is 0.760. The van der Waals surface area contributed by atoms with Gasteiger partial charge in [0.25, 0.3) is 5.91 Å². The molecule has 7 nitrogen and oxygen atoms in total. The molecule has 23 heavy (non-hydrogen) atoms. The molecule has 1 aliphatic rings. The number of nitrogens with zero attached hydrogens (tertiary/aromatic N) is 2. The van der Waals surface area contributed by atoms with E-state index in [4.69, 9.17) is 0 Å². The smallest absolute Gasteiger partial charge is 0.312 e. The third-order valence-corrected chi connectivity index (χ3v) is 3.70. The highest BCUT2D eigenvalue weighted by Crippen LogP contribution is 2.28. The summed E-state index contributed by atoms with van der Waals surface area (Å²) in [6, 6.07) is 9.56. The van der Waals surface area contributed by atoms with Gasteiger partial charge in [-0.2, -0.15) is 0 Å². The number of benzene rings is 1. The quantitative estimate of drug-likeness (QED) is 0.394. The highest BCUT2D eigenvalue weighted by Gasteiger charge is 2.28. The molecule has 0 bridgehead atoms. The van der Waals surface area contributed by atoms with Crippen LogP contribution in [0.4, 0.5) is 0 Å². The Hall–Kier alpha value is -3.48. The van der Waals surface area contributed by atoms with Crippen LogP contribution >= 0.6 is 0 Å². The molecule has 7 heteroatoms. The van der Waals surface area contributed by atoms with Crippen LogP contribution < -0.4 is 10.6 Å². The number of rotatable bonds is 1. The van der Waals surface area contributed by atoms with E-state index in [1.165, 1.54) is 6.20 Å². The summed E-state index contributed by atoms with van der Waals surface area (Å²) >= 11 is 0. The number of piperazine rings is 1. The Bertz CT molecular complexity index is 979. The zero-order valence-corrected chi connectivity index (χ0v) is 11.7. The topological polar surface area (TPSA) is 93.1 Å². The van der Waals surface area contributed by atoms with Gasteiger partial charge in [0.2, 0.25) is 0 Å². The molecule has 1 saturated heterocycles. The standard InChI is InChI=1S/C16H10N4O3/c21-14-11(18-15(22)16(23)19-14)8-20-12-4-2-1-3-9(12)10-5-6-17-7-13(10)20/h1-8H,(H,18,22)(H,19,21,23)/b11-8-. The Balaban J connectivity index is 1.97. The highest BCUT2D eigenvalue weighted by molar-refractivity contribution is 6.42. The fourth-order valence-corrected chi connectivity index (χ4v) is 2.67. The van der Waals surface area contributed by atoms with Crippen LogP contribution in [0.3, 0.4) is 0 Å². The van der Waals surface area contributed by atoms with Crippen molar-refractivity contribution >= 4 is 45.7 Å².